The fourth-order valence-electron chi connectivity index (χ4n) is 1.43. The van der Waals surface area contributed by atoms with Gasteiger partial charge in [-0.25, -0.2) is 0 Å². The van der Waals surface area contributed by atoms with Gasteiger partial charge in [0.2, 0.25) is 0 Å². The van der Waals surface area contributed by atoms with Crippen LogP contribution >= 0.6 is 0 Å². The van der Waals surface area contributed by atoms with E-state index in [0.29, 0.717) is 0 Å². The first-order valence-electron chi connectivity index (χ1n) is 5.24. The third kappa shape index (κ3) is 3.92. The summed E-state index contributed by atoms with van der Waals surface area (Å²) in [6.45, 7) is 5.81. The average molecular weight is 184 g/mol. The molecule has 0 spiro atoms. The van der Waals surface area contributed by atoms with Crippen molar-refractivity contribution in [1.29, 1.82) is 0 Å². The summed E-state index contributed by atoms with van der Waals surface area (Å²) in [7, 11) is 0. The van der Waals surface area contributed by atoms with Crippen LogP contribution in [0.3, 0.4) is 0 Å². The van der Waals surface area contributed by atoms with E-state index in [1.807, 2.05) is 0 Å². The van der Waals surface area contributed by atoms with Crippen molar-refractivity contribution in [2.24, 2.45) is 0 Å². The maximum Gasteiger partial charge on any atom is 0.158 e. The van der Waals surface area contributed by atoms with Crippen LogP contribution in [0, 0.1) is 0 Å². The summed E-state index contributed by atoms with van der Waals surface area (Å²) in [5.41, 5.74) is 1.36. The standard InChI is InChI=1S/C11H20O2/c1-3-10(4-2)9-13-11-7-5-6-8-12-11/h3,11H,4-9H2,1-2H3/b10-3+. The summed E-state index contributed by atoms with van der Waals surface area (Å²) in [6, 6.07) is 0. The van der Waals surface area contributed by atoms with E-state index in [1.165, 1.54) is 18.4 Å². The summed E-state index contributed by atoms with van der Waals surface area (Å²) in [4.78, 5) is 0. The molecule has 0 aromatic heterocycles. The van der Waals surface area contributed by atoms with E-state index in [1.54, 1.807) is 0 Å². The van der Waals surface area contributed by atoms with E-state index in [9.17, 15) is 0 Å². The fraction of sp³-hybridized carbons (Fsp3) is 0.818. The Kier molecular flexibility index (Phi) is 5.09. The lowest BCUT2D eigenvalue weighted by molar-refractivity contribution is -0.157. The summed E-state index contributed by atoms with van der Waals surface area (Å²) < 4.78 is 11.1. The van der Waals surface area contributed by atoms with E-state index >= 15 is 0 Å². The molecule has 76 valence electrons. The molecular formula is C11H20O2. The topological polar surface area (TPSA) is 18.5 Å². The summed E-state index contributed by atoms with van der Waals surface area (Å²) in [5.74, 6) is 0. The molecule has 0 N–H and O–H groups in total. The maximum atomic E-state index is 5.64. The minimum absolute atomic E-state index is 0.0512. The van der Waals surface area contributed by atoms with Gasteiger partial charge >= 0.3 is 0 Å². The minimum Gasteiger partial charge on any atom is -0.353 e. The largest absolute Gasteiger partial charge is 0.353 e. The summed E-state index contributed by atoms with van der Waals surface area (Å²) >= 11 is 0. The summed E-state index contributed by atoms with van der Waals surface area (Å²) in [5, 5.41) is 0. The minimum atomic E-state index is 0.0512. The van der Waals surface area contributed by atoms with Crippen molar-refractivity contribution in [2.75, 3.05) is 13.2 Å². The predicted molar refractivity (Wildman–Crippen MR) is 53.6 cm³/mol. The van der Waals surface area contributed by atoms with Crippen molar-refractivity contribution in [3.63, 3.8) is 0 Å². The molecule has 1 aliphatic heterocycles. The second-order valence-electron chi connectivity index (χ2n) is 3.41. The second-order valence-corrected chi connectivity index (χ2v) is 3.41. The van der Waals surface area contributed by atoms with Crippen LogP contribution in [-0.2, 0) is 9.47 Å². The van der Waals surface area contributed by atoms with Gasteiger partial charge in [0.15, 0.2) is 6.29 Å². The number of ether oxygens (including phenoxy) is 2. The third-order valence-corrected chi connectivity index (χ3v) is 2.45. The summed E-state index contributed by atoms with van der Waals surface area (Å²) in [6.07, 6.45) is 6.73. The van der Waals surface area contributed by atoms with Crippen molar-refractivity contribution >= 4 is 0 Å². The zero-order valence-corrected chi connectivity index (χ0v) is 8.71. The Morgan fingerprint density at radius 3 is 2.92 bits per heavy atom. The van der Waals surface area contributed by atoms with E-state index in [4.69, 9.17) is 9.47 Å². The van der Waals surface area contributed by atoms with Crippen LogP contribution in [0.25, 0.3) is 0 Å². The molecule has 1 heterocycles. The number of allylic oxidation sites excluding steroid dienone is 1. The average Bonchev–Trinajstić information content (AvgIpc) is 2.21. The highest BCUT2D eigenvalue weighted by Crippen LogP contribution is 2.15. The molecule has 1 rings (SSSR count). The van der Waals surface area contributed by atoms with Gasteiger partial charge in [0.25, 0.3) is 0 Å². The second kappa shape index (κ2) is 6.17. The highest BCUT2D eigenvalue weighted by atomic mass is 16.7. The van der Waals surface area contributed by atoms with Crippen molar-refractivity contribution in [3.8, 4) is 0 Å². The molecule has 2 nitrogen and oxygen atoms in total. The molecule has 2 heteroatoms. The van der Waals surface area contributed by atoms with Gasteiger partial charge in [0.05, 0.1) is 6.61 Å². The molecule has 1 aliphatic rings. The van der Waals surface area contributed by atoms with Crippen LogP contribution in [0.5, 0.6) is 0 Å². The van der Waals surface area contributed by atoms with Crippen LogP contribution in [0.2, 0.25) is 0 Å². The van der Waals surface area contributed by atoms with Gasteiger partial charge in [-0.05, 0) is 38.2 Å². The Morgan fingerprint density at radius 2 is 2.38 bits per heavy atom. The SMILES string of the molecule is C/C=C(\CC)COC1CCCCO1. The van der Waals surface area contributed by atoms with Crippen molar-refractivity contribution in [3.05, 3.63) is 11.6 Å². The lowest BCUT2D eigenvalue weighted by Gasteiger charge is -2.23. The zero-order valence-electron chi connectivity index (χ0n) is 8.71. The van der Waals surface area contributed by atoms with Crippen molar-refractivity contribution in [1.82, 2.24) is 0 Å². The Bertz CT molecular complexity index is 157. The van der Waals surface area contributed by atoms with Crippen LogP contribution < -0.4 is 0 Å². The molecule has 0 amide bonds. The van der Waals surface area contributed by atoms with Gasteiger partial charge in [0.1, 0.15) is 0 Å². The quantitative estimate of drug-likeness (QED) is 0.625. The van der Waals surface area contributed by atoms with Crippen LogP contribution in [0.15, 0.2) is 11.6 Å². The van der Waals surface area contributed by atoms with E-state index in [0.717, 1.165) is 26.1 Å². The highest BCUT2D eigenvalue weighted by Gasteiger charge is 2.13. The zero-order chi connectivity index (χ0) is 9.52. The van der Waals surface area contributed by atoms with E-state index < -0.39 is 0 Å². The molecule has 0 aromatic rings. The monoisotopic (exact) mass is 184 g/mol. The number of rotatable bonds is 4. The molecular weight excluding hydrogens is 164 g/mol. The molecule has 0 aromatic carbocycles. The first-order valence-corrected chi connectivity index (χ1v) is 5.24. The molecule has 0 bridgehead atoms. The van der Waals surface area contributed by atoms with Gasteiger partial charge in [-0.15, -0.1) is 0 Å². The molecule has 0 saturated carbocycles. The van der Waals surface area contributed by atoms with Crippen molar-refractivity contribution < 1.29 is 9.47 Å². The number of hydrogen-bond donors (Lipinski definition) is 0. The van der Waals surface area contributed by atoms with Crippen LogP contribution in [0.1, 0.15) is 39.5 Å². The van der Waals surface area contributed by atoms with E-state index in [2.05, 4.69) is 19.9 Å². The Labute approximate surface area is 80.9 Å². The molecule has 1 unspecified atom stereocenters. The van der Waals surface area contributed by atoms with Crippen LogP contribution in [0.4, 0.5) is 0 Å². The third-order valence-electron chi connectivity index (χ3n) is 2.45. The van der Waals surface area contributed by atoms with Gasteiger partial charge in [-0.2, -0.15) is 0 Å². The Morgan fingerprint density at radius 1 is 1.54 bits per heavy atom. The lowest BCUT2D eigenvalue weighted by Crippen LogP contribution is -2.23. The molecule has 1 atom stereocenters. The van der Waals surface area contributed by atoms with Gasteiger partial charge in [0, 0.05) is 6.61 Å². The molecule has 0 aliphatic carbocycles. The Hall–Kier alpha value is -0.340. The van der Waals surface area contributed by atoms with Crippen LogP contribution in [-0.4, -0.2) is 19.5 Å². The predicted octanol–water partition coefficient (Wildman–Crippen LogP) is 2.89. The molecule has 1 fully saturated rings. The molecule has 0 radical (unpaired) electrons. The molecule has 13 heavy (non-hydrogen) atoms. The maximum absolute atomic E-state index is 5.64. The Balaban J connectivity index is 2.16. The smallest absolute Gasteiger partial charge is 0.158 e. The first-order chi connectivity index (χ1) is 6.36. The fourth-order valence-corrected chi connectivity index (χ4v) is 1.43. The molecule has 1 saturated heterocycles. The van der Waals surface area contributed by atoms with Gasteiger partial charge < -0.3 is 9.47 Å². The van der Waals surface area contributed by atoms with Gasteiger partial charge in [-0.3, -0.25) is 0 Å². The van der Waals surface area contributed by atoms with E-state index in [-0.39, 0.29) is 6.29 Å². The lowest BCUT2D eigenvalue weighted by atomic mass is 10.2. The normalized spacial score (nSPS) is 24.8. The number of hydrogen-bond acceptors (Lipinski definition) is 2. The van der Waals surface area contributed by atoms with Crippen molar-refractivity contribution in [2.45, 2.75) is 45.8 Å². The highest BCUT2D eigenvalue weighted by molar-refractivity contribution is 4.99. The van der Waals surface area contributed by atoms with Gasteiger partial charge in [-0.1, -0.05) is 13.0 Å². The first kappa shape index (κ1) is 10.7.